The molecule has 0 aliphatic rings. The third kappa shape index (κ3) is 6.83. The molecule has 0 fully saturated rings. The molecule has 0 heterocycles. The fraction of sp³-hybridized carbons (Fsp3) is 0.269. The summed E-state index contributed by atoms with van der Waals surface area (Å²) in [7, 11) is -4.06. The zero-order valence-electron chi connectivity index (χ0n) is 19.4. The van der Waals surface area contributed by atoms with E-state index in [4.69, 9.17) is 4.74 Å². The van der Waals surface area contributed by atoms with Crippen LogP contribution in [0.3, 0.4) is 0 Å². The Bertz CT molecular complexity index is 1170. The average Bonchev–Trinajstić information content (AvgIpc) is 2.75. The van der Waals surface area contributed by atoms with Crippen molar-refractivity contribution in [1.82, 2.24) is 4.31 Å². The molecule has 0 aromatic heterocycles. The van der Waals surface area contributed by atoms with E-state index >= 15 is 0 Å². The highest BCUT2D eigenvalue weighted by atomic mass is 32.2. The van der Waals surface area contributed by atoms with Gasteiger partial charge in [-0.25, -0.2) is 17.5 Å². The molecule has 3 aromatic rings. The molecule has 0 radical (unpaired) electrons. The number of benzene rings is 3. The molecule has 1 N–H and O–H groups in total. The maximum atomic E-state index is 13.3. The van der Waals surface area contributed by atoms with Crippen molar-refractivity contribution >= 4 is 27.5 Å². The lowest BCUT2D eigenvalue weighted by atomic mass is 10.1. The normalized spacial score (nSPS) is 11.6. The highest BCUT2D eigenvalue weighted by Gasteiger charge is 2.32. The van der Waals surface area contributed by atoms with E-state index in [1.807, 2.05) is 61.5 Å². The first-order valence-electron chi connectivity index (χ1n) is 10.8. The second-order valence-corrected chi connectivity index (χ2v) is 10.7. The Labute approximate surface area is 196 Å². The number of rotatable bonds is 7. The van der Waals surface area contributed by atoms with E-state index in [1.165, 1.54) is 12.1 Å². The lowest BCUT2D eigenvalue weighted by Crippen LogP contribution is -2.41. The summed E-state index contributed by atoms with van der Waals surface area (Å²) in [5.74, 6) is 0. The topological polar surface area (TPSA) is 75.7 Å². The number of para-hydroxylation sites is 1. The molecule has 0 bridgehead atoms. The van der Waals surface area contributed by atoms with Crippen molar-refractivity contribution in [2.24, 2.45) is 0 Å². The SMILES string of the molecule is Cc1ccc(S(=O)(=O)N(CCc2ccc(Nc3ccccc3)cc2)C(=O)OC(C)(C)C)cc1. The van der Waals surface area contributed by atoms with Crippen LogP contribution in [-0.2, 0) is 21.2 Å². The largest absolute Gasteiger partial charge is 0.443 e. The fourth-order valence-electron chi connectivity index (χ4n) is 3.13. The molecule has 0 unspecified atom stereocenters. The van der Waals surface area contributed by atoms with Gasteiger partial charge in [0.1, 0.15) is 5.60 Å². The zero-order valence-corrected chi connectivity index (χ0v) is 20.2. The Morgan fingerprint density at radius 3 is 2.03 bits per heavy atom. The smallest absolute Gasteiger partial charge is 0.424 e. The van der Waals surface area contributed by atoms with Crippen LogP contribution < -0.4 is 5.32 Å². The number of carbonyl (C=O) groups excluding carboxylic acids is 1. The van der Waals surface area contributed by atoms with E-state index < -0.39 is 21.7 Å². The minimum atomic E-state index is -4.06. The van der Waals surface area contributed by atoms with Crippen molar-refractivity contribution in [3.63, 3.8) is 0 Å². The van der Waals surface area contributed by atoms with Crippen LogP contribution >= 0.6 is 0 Å². The van der Waals surface area contributed by atoms with Crippen molar-refractivity contribution < 1.29 is 17.9 Å². The molecule has 7 heteroatoms. The number of anilines is 2. The van der Waals surface area contributed by atoms with Crippen molar-refractivity contribution in [1.29, 1.82) is 0 Å². The van der Waals surface area contributed by atoms with E-state index in [0.29, 0.717) is 6.42 Å². The molecule has 3 aromatic carbocycles. The summed E-state index contributed by atoms with van der Waals surface area (Å²) in [6.07, 6.45) is -0.527. The molecule has 1 amide bonds. The molecule has 0 spiro atoms. The van der Waals surface area contributed by atoms with Crippen molar-refractivity contribution in [2.75, 3.05) is 11.9 Å². The van der Waals surface area contributed by atoms with Gasteiger partial charge in [0.15, 0.2) is 0 Å². The molecular weight excluding hydrogens is 436 g/mol. The van der Waals surface area contributed by atoms with Crippen LogP contribution in [0.5, 0.6) is 0 Å². The third-order valence-corrected chi connectivity index (χ3v) is 6.61. The van der Waals surface area contributed by atoms with E-state index in [9.17, 15) is 13.2 Å². The number of hydrogen-bond acceptors (Lipinski definition) is 5. The number of sulfonamides is 1. The van der Waals surface area contributed by atoms with Gasteiger partial charge in [0.2, 0.25) is 0 Å². The van der Waals surface area contributed by atoms with Crippen LogP contribution in [0.2, 0.25) is 0 Å². The van der Waals surface area contributed by atoms with Crippen molar-refractivity contribution in [2.45, 2.75) is 44.6 Å². The summed E-state index contributed by atoms with van der Waals surface area (Å²) in [6.45, 7) is 6.97. The lowest BCUT2D eigenvalue weighted by molar-refractivity contribution is 0.0392. The molecule has 0 saturated carbocycles. The number of carbonyl (C=O) groups is 1. The van der Waals surface area contributed by atoms with E-state index in [1.54, 1.807) is 32.9 Å². The first-order valence-corrected chi connectivity index (χ1v) is 12.2. The summed E-state index contributed by atoms with van der Waals surface area (Å²) < 4.78 is 32.8. The van der Waals surface area contributed by atoms with Gasteiger partial charge in [-0.15, -0.1) is 0 Å². The minimum absolute atomic E-state index is 0.0312. The standard InChI is InChI=1S/C26H30N2O4S/c1-20-10-16-24(17-11-20)33(30,31)28(25(29)32-26(2,3)4)19-18-21-12-14-23(15-13-21)27-22-8-6-5-7-9-22/h5-17,27H,18-19H2,1-4H3. The number of nitrogens with one attached hydrogen (secondary N) is 1. The first kappa shape index (κ1) is 24.3. The number of ether oxygens (including phenoxy) is 1. The van der Waals surface area contributed by atoms with Gasteiger partial charge in [0, 0.05) is 17.9 Å². The van der Waals surface area contributed by atoms with E-state index in [-0.39, 0.29) is 11.4 Å². The number of hydrogen-bond donors (Lipinski definition) is 1. The molecule has 0 atom stereocenters. The quantitative estimate of drug-likeness (QED) is 0.469. The fourth-order valence-corrected chi connectivity index (χ4v) is 4.43. The molecule has 0 aliphatic heterocycles. The minimum Gasteiger partial charge on any atom is -0.443 e. The summed E-state index contributed by atoms with van der Waals surface area (Å²) in [4.78, 5) is 12.9. The van der Waals surface area contributed by atoms with Crippen LogP contribution in [0, 0.1) is 6.92 Å². The average molecular weight is 467 g/mol. The van der Waals surface area contributed by atoms with E-state index in [0.717, 1.165) is 26.8 Å². The van der Waals surface area contributed by atoms with Gasteiger partial charge in [-0.05, 0) is 76.1 Å². The summed E-state index contributed by atoms with van der Waals surface area (Å²) in [6, 6.07) is 23.9. The van der Waals surface area contributed by atoms with Gasteiger partial charge in [0.25, 0.3) is 10.0 Å². The van der Waals surface area contributed by atoms with Gasteiger partial charge in [0.05, 0.1) is 4.90 Å². The Balaban J connectivity index is 1.77. The number of nitrogens with zero attached hydrogens (tertiary/aromatic N) is 1. The van der Waals surface area contributed by atoms with Crippen molar-refractivity contribution in [3.05, 3.63) is 90.0 Å². The molecule has 33 heavy (non-hydrogen) atoms. The van der Waals surface area contributed by atoms with E-state index in [2.05, 4.69) is 5.32 Å². The predicted octanol–water partition coefficient (Wildman–Crippen LogP) is 5.91. The molecule has 6 nitrogen and oxygen atoms in total. The summed E-state index contributed by atoms with van der Waals surface area (Å²) in [5, 5.41) is 3.31. The monoisotopic (exact) mass is 466 g/mol. The lowest BCUT2D eigenvalue weighted by Gasteiger charge is -2.27. The van der Waals surface area contributed by atoms with Crippen LogP contribution in [0.4, 0.5) is 16.2 Å². The van der Waals surface area contributed by atoms with Gasteiger partial charge in [-0.2, -0.15) is 0 Å². The molecule has 3 rings (SSSR count). The Morgan fingerprint density at radius 2 is 1.45 bits per heavy atom. The van der Waals surface area contributed by atoms with Crippen LogP contribution in [0.1, 0.15) is 31.9 Å². The zero-order chi connectivity index (χ0) is 24.1. The second kappa shape index (κ2) is 10.1. The highest BCUT2D eigenvalue weighted by Crippen LogP contribution is 2.22. The number of amides is 1. The predicted molar refractivity (Wildman–Crippen MR) is 131 cm³/mol. The highest BCUT2D eigenvalue weighted by molar-refractivity contribution is 7.89. The van der Waals surface area contributed by atoms with Gasteiger partial charge >= 0.3 is 6.09 Å². The van der Waals surface area contributed by atoms with Crippen molar-refractivity contribution in [3.8, 4) is 0 Å². The Morgan fingerprint density at radius 1 is 0.879 bits per heavy atom. The second-order valence-electron chi connectivity index (χ2n) is 8.81. The molecule has 0 saturated heterocycles. The molecule has 174 valence electrons. The van der Waals surface area contributed by atoms with Gasteiger partial charge in [-0.3, -0.25) is 0 Å². The first-order chi connectivity index (χ1) is 15.5. The van der Waals surface area contributed by atoms with Gasteiger partial charge < -0.3 is 10.1 Å². The van der Waals surface area contributed by atoms with Gasteiger partial charge in [-0.1, -0.05) is 48.0 Å². The molecular formula is C26H30N2O4S. The maximum absolute atomic E-state index is 13.3. The Kier molecular flexibility index (Phi) is 7.43. The maximum Gasteiger partial charge on any atom is 0.424 e. The Hall–Kier alpha value is -3.32. The number of aryl methyl sites for hydroxylation is 1. The summed E-state index contributed by atoms with van der Waals surface area (Å²) in [5.41, 5.74) is 2.91. The molecule has 0 aliphatic carbocycles. The van der Waals surface area contributed by atoms with Crippen LogP contribution in [0.15, 0.2) is 83.8 Å². The van der Waals surface area contributed by atoms with Crippen LogP contribution in [-0.4, -0.2) is 31.0 Å². The third-order valence-electron chi connectivity index (χ3n) is 4.83. The summed E-state index contributed by atoms with van der Waals surface area (Å²) >= 11 is 0. The van der Waals surface area contributed by atoms with Crippen LogP contribution in [0.25, 0.3) is 0 Å².